The molecule has 0 amide bonds. The molecule has 0 atom stereocenters. The predicted molar refractivity (Wildman–Crippen MR) is 130 cm³/mol. The summed E-state index contributed by atoms with van der Waals surface area (Å²) in [6.45, 7) is 4.83. The zero-order valence-electron chi connectivity index (χ0n) is 18.5. The first-order valence-corrected chi connectivity index (χ1v) is 12.4. The topological polar surface area (TPSA) is 92.9 Å². The number of primary sulfonamides is 1. The molecule has 8 heteroatoms. The number of para-hydroxylation sites is 1. The number of hydrogen-bond donors (Lipinski definition) is 1. The molecule has 1 saturated heterocycles. The minimum absolute atomic E-state index is 0.0730. The van der Waals surface area contributed by atoms with Gasteiger partial charge >= 0.3 is 5.97 Å². The molecule has 3 aromatic carbocycles. The highest BCUT2D eigenvalue weighted by atomic mass is 32.2. The monoisotopic (exact) mass is 465 g/mol. The average molecular weight is 466 g/mol. The van der Waals surface area contributed by atoms with Crippen LogP contribution in [-0.4, -0.2) is 40.6 Å². The van der Waals surface area contributed by atoms with Crippen LogP contribution < -0.4 is 19.7 Å². The molecule has 1 fully saturated rings. The first-order valence-electron chi connectivity index (χ1n) is 10.9. The van der Waals surface area contributed by atoms with Crippen molar-refractivity contribution < 1.29 is 17.9 Å². The Kier molecular flexibility index (Phi) is 6.67. The van der Waals surface area contributed by atoms with E-state index in [1.807, 2.05) is 24.3 Å². The highest BCUT2D eigenvalue weighted by Crippen LogP contribution is 2.37. The lowest BCUT2D eigenvalue weighted by molar-refractivity contribution is -0.134. The SMILES string of the molecule is CCC(=O)Oc1ccc(-c2c(N3CCN(c4ccccc4)CC3)cccc2S(N)(=O)=O)cc1. The molecular weight excluding hydrogens is 438 g/mol. The molecule has 7 nitrogen and oxygen atoms in total. The fourth-order valence-electron chi connectivity index (χ4n) is 4.05. The number of sulfonamides is 1. The fraction of sp³-hybridized carbons (Fsp3) is 0.240. The number of hydrogen-bond acceptors (Lipinski definition) is 6. The quantitative estimate of drug-likeness (QED) is 0.441. The fourth-order valence-corrected chi connectivity index (χ4v) is 4.82. The third-order valence-corrected chi connectivity index (χ3v) is 6.67. The van der Waals surface area contributed by atoms with Gasteiger partial charge in [0, 0.05) is 49.5 Å². The van der Waals surface area contributed by atoms with Gasteiger partial charge in [-0.1, -0.05) is 43.3 Å². The number of carbonyl (C=O) groups excluding carboxylic acids is 1. The van der Waals surface area contributed by atoms with E-state index in [-0.39, 0.29) is 17.3 Å². The third kappa shape index (κ3) is 5.18. The summed E-state index contributed by atoms with van der Waals surface area (Å²) in [6, 6.07) is 22.3. The Morgan fingerprint density at radius 2 is 1.52 bits per heavy atom. The number of esters is 1. The summed E-state index contributed by atoms with van der Waals surface area (Å²) in [7, 11) is -3.95. The van der Waals surface area contributed by atoms with Crippen LogP contribution in [0.2, 0.25) is 0 Å². The van der Waals surface area contributed by atoms with Crippen molar-refractivity contribution in [3.05, 3.63) is 72.8 Å². The zero-order valence-corrected chi connectivity index (χ0v) is 19.3. The summed E-state index contributed by atoms with van der Waals surface area (Å²) in [5, 5.41) is 5.58. The van der Waals surface area contributed by atoms with Crippen LogP contribution >= 0.6 is 0 Å². The Bertz CT molecular complexity index is 1220. The summed E-state index contributed by atoms with van der Waals surface area (Å²) in [6.07, 6.45) is 0.273. The van der Waals surface area contributed by atoms with Crippen molar-refractivity contribution in [1.29, 1.82) is 0 Å². The van der Waals surface area contributed by atoms with Crippen molar-refractivity contribution in [2.75, 3.05) is 36.0 Å². The van der Waals surface area contributed by atoms with Gasteiger partial charge in [0.25, 0.3) is 0 Å². The lowest BCUT2D eigenvalue weighted by Gasteiger charge is -2.38. The summed E-state index contributed by atoms with van der Waals surface area (Å²) >= 11 is 0. The zero-order chi connectivity index (χ0) is 23.4. The number of benzene rings is 3. The van der Waals surface area contributed by atoms with E-state index in [0.717, 1.165) is 31.9 Å². The van der Waals surface area contributed by atoms with Gasteiger partial charge in [-0.15, -0.1) is 0 Å². The van der Waals surface area contributed by atoms with Crippen LogP contribution in [0.5, 0.6) is 5.75 Å². The number of nitrogens with zero attached hydrogens (tertiary/aromatic N) is 2. The van der Waals surface area contributed by atoms with Gasteiger partial charge in [-0.25, -0.2) is 13.6 Å². The summed E-state index contributed by atoms with van der Waals surface area (Å²) < 4.78 is 30.1. The molecule has 1 heterocycles. The van der Waals surface area contributed by atoms with Crippen molar-refractivity contribution in [2.24, 2.45) is 5.14 Å². The van der Waals surface area contributed by atoms with Crippen molar-refractivity contribution in [3.63, 3.8) is 0 Å². The van der Waals surface area contributed by atoms with Crippen LogP contribution in [0.3, 0.4) is 0 Å². The van der Waals surface area contributed by atoms with Gasteiger partial charge < -0.3 is 14.5 Å². The smallest absolute Gasteiger partial charge is 0.310 e. The Morgan fingerprint density at radius 3 is 2.12 bits per heavy atom. The third-order valence-electron chi connectivity index (χ3n) is 5.72. The average Bonchev–Trinajstić information content (AvgIpc) is 2.84. The predicted octanol–water partition coefficient (Wildman–Crippen LogP) is 3.64. The van der Waals surface area contributed by atoms with Crippen molar-refractivity contribution in [3.8, 4) is 16.9 Å². The molecule has 33 heavy (non-hydrogen) atoms. The van der Waals surface area contributed by atoms with Crippen LogP contribution in [-0.2, 0) is 14.8 Å². The van der Waals surface area contributed by atoms with Crippen LogP contribution in [0.1, 0.15) is 13.3 Å². The molecule has 1 aliphatic rings. The van der Waals surface area contributed by atoms with Crippen molar-refractivity contribution >= 4 is 27.4 Å². The number of ether oxygens (including phenoxy) is 1. The Balaban J connectivity index is 1.66. The summed E-state index contributed by atoms with van der Waals surface area (Å²) in [4.78, 5) is 16.2. The maximum Gasteiger partial charge on any atom is 0.310 e. The van der Waals surface area contributed by atoms with Gasteiger partial charge in [-0.3, -0.25) is 4.79 Å². The number of carbonyl (C=O) groups is 1. The Labute approximate surface area is 194 Å². The maximum absolute atomic E-state index is 12.4. The van der Waals surface area contributed by atoms with E-state index < -0.39 is 10.0 Å². The van der Waals surface area contributed by atoms with Crippen LogP contribution in [0.15, 0.2) is 77.7 Å². The molecule has 0 bridgehead atoms. The highest BCUT2D eigenvalue weighted by molar-refractivity contribution is 7.89. The van der Waals surface area contributed by atoms with Crippen LogP contribution in [0.4, 0.5) is 11.4 Å². The number of piperazine rings is 1. The standard InChI is InChI=1S/C25H27N3O4S/c1-2-24(29)32-21-13-11-19(12-14-21)25-22(9-6-10-23(25)33(26,30)31)28-17-15-27(16-18-28)20-7-4-3-5-8-20/h3-14H,2,15-18H2,1H3,(H2,26,30,31). The van der Waals surface area contributed by atoms with Crippen molar-refractivity contribution in [1.82, 2.24) is 0 Å². The molecule has 0 aromatic heterocycles. The second-order valence-corrected chi connectivity index (χ2v) is 9.39. The second kappa shape index (κ2) is 9.64. The highest BCUT2D eigenvalue weighted by Gasteiger charge is 2.24. The van der Waals surface area contributed by atoms with Gasteiger partial charge in [0.05, 0.1) is 4.90 Å². The first-order chi connectivity index (χ1) is 15.9. The molecule has 1 aliphatic heterocycles. The lowest BCUT2D eigenvalue weighted by atomic mass is 10.0. The van der Waals surface area contributed by atoms with Gasteiger partial charge in [0.15, 0.2) is 0 Å². The molecule has 3 aromatic rings. The molecule has 0 spiro atoms. The van der Waals surface area contributed by atoms with E-state index in [1.54, 1.807) is 37.3 Å². The van der Waals surface area contributed by atoms with E-state index in [0.29, 0.717) is 16.9 Å². The second-order valence-electron chi connectivity index (χ2n) is 7.86. The lowest BCUT2D eigenvalue weighted by Crippen LogP contribution is -2.46. The molecule has 0 unspecified atom stereocenters. The normalized spacial score (nSPS) is 14.2. The van der Waals surface area contributed by atoms with Gasteiger partial charge in [0.1, 0.15) is 5.75 Å². The van der Waals surface area contributed by atoms with Gasteiger partial charge in [-0.05, 0) is 42.0 Å². The van der Waals surface area contributed by atoms with E-state index in [2.05, 4.69) is 21.9 Å². The van der Waals surface area contributed by atoms with Crippen LogP contribution in [0.25, 0.3) is 11.1 Å². The number of anilines is 2. The minimum atomic E-state index is -3.95. The summed E-state index contributed by atoms with van der Waals surface area (Å²) in [5.74, 6) is 0.0846. The van der Waals surface area contributed by atoms with E-state index in [9.17, 15) is 13.2 Å². The molecule has 0 radical (unpaired) electrons. The largest absolute Gasteiger partial charge is 0.427 e. The Hall–Kier alpha value is -3.36. The molecule has 172 valence electrons. The minimum Gasteiger partial charge on any atom is -0.427 e. The molecule has 4 rings (SSSR count). The van der Waals surface area contributed by atoms with Crippen molar-refractivity contribution in [2.45, 2.75) is 18.2 Å². The van der Waals surface area contributed by atoms with Gasteiger partial charge in [-0.2, -0.15) is 0 Å². The summed E-state index contributed by atoms with van der Waals surface area (Å²) in [5.41, 5.74) is 3.23. The van der Waals surface area contributed by atoms with Gasteiger partial charge in [0.2, 0.25) is 10.0 Å². The molecule has 2 N–H and O–H groups in total. The van der Waals surface area contributed by atoms with E-state index >= 15 is 0 Å². The number of nitrogens with two attached hydrogens (primary N) is 1. The van der Waals surface area contributed by atoms with E-state index in [1.165, 1.54) is 11.8 Å². The molecule has 0 aliphatic carbocycles. The van der Waals surface area contributed by atoms with E-state index in [4.69, 9.17) is 9.88 Å². The Morgan fingerprint density at radius 1 is 0.879 bits per heavy atom. The number of rotatable bonds is 6. The van der Waals surface area contributed by atoms with Crippen LogP contribution in [0, 0.1) is 0 Å². The molecular formula is C25H27N3O4S. The molecule has 0 saturated carbocycles. The maximum atomic E-state index is 12.4. The first kappa shape index (κ1) is 22.8.